The molecule has 0 radical (unpaired) electrons. The van der Waals surface area contributed by atoms with Gasteiger partial charge in [0, 0.05) is 44.3 Å². The van der Waals surface area contributed by atoms with Crippen LogP contribution in [-0.2, 0) is 4.74 Å². The Bertz CT molecular complexity index is 755. The van der Waals surface area contributed by atoms with Gasteiger partial charge < -0.3 is 24.8 Å². The molecule has 0 aliphatic carbocycles. The van der Waals surface area contributed by atoms with Crippen molar-refractivity contribution in [3.63, 3.8) is 0 Å². The number of anilines is 2. The van der Waals surface area contributed by atoms with Crippen LogP contribution in [-0.4, -0.2) is 45.4 Å². The Morgan fingerprint density at radius 3 is 2.62 bits per heavy atom. The molecule has 26 heavy (non-hydrogen) atoms. The van der Waals surface area contributed by atoms with Gasteiger partial charge >= 0.3 is 0 Å². The maximum Gasteiger partial charge on any atom is 0.274 e. The predicted molar refractivity (Wildman–Crippen MR) is 102 cm³/mol. The lowest BCUT2D eigenvalue weighted by molar-refractivity contribution is 0.102. The van der Waals surface area contributed by atoms with Crippen molar-refractivity contribution in [1.29, 1.82) is 0 Å². The number of halogens is 1. The molecule has 2 N–H and O–H groups in total. The van der Waals surface area contributed by atoms with Crippen molar-refractivity contribution in [3.8, 4) is 11.5 Å². The summed E-state index contributed by atoms with van der Waals surface area (Å²) in [6.07, 6.45) is 2.44. The molecule has 1 aromatic carbocycles. The van der Waals surface area contributed by atoms with Crippen molar-refractivity contribution in [3.05, 3.63) is 41.2 Å². The van der Waals surface area contributed by atoms with E-state index in [0.29, 0.717) is 28.8 Å². The normalized spacial score (nSPS) is 10.3. The van der Waals surface area contributed by atoms with Crippen LogP contribution in [0.3, 0.4) is 0 Å². The van der Waals surface area contributed by atoms with E-state index in [4.69, 9.17) is 25.8 Å². The van der Waals surface area contributed by atoms with E-state index in [1.807, 2.05) is 0 Å². The highest BCUT2D eigenvalue weighted by Crippen LogP contribution is 2.36. The molecule has 1 heterocycles. The number of nitrogens with one attached hydrogen (secondary N) is 2. The minimum atomic E-state index is -0.367. The molecule has 0 bridgehead atoms. The van der Waals surface area contributed by atoms with Gasteiger partial charge in [-0.25, -0.2) is 0 Å². The maximum absolute atomic E-state index is 12.5. The van der Waals surface area contributed by atoms with Crippen molar-refractivity contribution in [1.82, 2.24) is 4.98 Å². The fourth-order valence-corrected chi connectivity index (χ4v) is 2.49. The number of ether oxygens (including phenoxy) is 3. The lowest BCUT2D eigenvalue weighted by atomic mass is 10.2. The maximum atomic E-state index is 12.5. The zero-order valence-corrected chi connectivity index (χ0v) is 15.7. The molecule has 140 valence electrons. The lowest BCUT2D eigenvalue weighted by Gasteiger charge is -2.13. The number of rotatable bonds is 9. The first kappa shape index (κ1) is 19.8. The summed E-state index contributed by atoms with van der Waals surface area (Å²) in [5.41, 5.74) is 1.53. The number of hydrogen-bond acceptors (Lipinski definition) is 6. The van der Waals surface area contributed by atoms with Gasteiger partial charge in [0.25, 0.3) is 5.91 Å². The minimum absolute atomic E-state index is 0.276. The molecular formula is C18H22ClN3O4. The van der Waals surface area contributed by atoms with Crippen LogP contribution in [0.25, 0.3) is 0 Å². The van der Waals surface area contributed by atoms with Crippen LogP contribution < -0.4 is 20.1 Å². The number of benzene rings is 1. The molecule has 8 heteroatoms. The zero-order chi connectivity index (χ0) is 18.9. The molecule has 0 spiro atoms. The highest BCUT2D eigenvalue weighted by Gasteiger charge is 2.15. The van der Waals surface area contributed by atoms with Crippen LogP contribution in [0, 0.1) is 0 Å². The number of amides is 1. The fraction of sp³-hybridized carbons (Fsp3) is 0.333. The summed E-state index contributed by atoms with van der Waals surface area (Å²) in [6.45, 7) is 1.41. The van der Waals surface area contributed by atoms with E-state index < -0.39 is 0 Å². The van der Waals surface area contributed by atoms with Crippen molar-refractivity contribution < 1.29 is 19.0 Å². The smallest absolute Gasteiger partial charge is 0.274 e. The van der Waals surface area contributed by atoms with Crippen LogP contribution in [0.4, 0.5) is 11.4 Å². The van der Waals surface area contributed by atoms with Gasteiger partial charge in [0.05, 0.1) is 24.9 Å². The Hall–Kier alpha value is -2.51. The summed E-state index contributed by atoms with van der Waals surface area (Å²) in [7, 11) is 4.66. The number of carbonyl (C=O) groups is 1. The second-order valence-corrected chi connectivity index (χ2v) is 5.75. The molecule has 0 saturated carbocycles. The Labute approximate surface area is 157 Å². The molecule has 1 amide bonds. The molecular weight excluding hydrogens is 358 g/mol. The van der Waals surface area contributed by atoms with Gasteiger partial charge in [-0.3, -0.25) is 9.78 Å². The summed E-state index contributed by atoms with van der Waals surface area (Å²) in [6, 6.07) is 6.67. The molecule has 2 aromatic rings. The van der Waals surface area contributed by atoms with Crippen molar-refractivity contribution in [2.75, 3.05) is 45.1 Å². The van der Waals surface area contributed by atoms with Crippen LogP contribution in [0.5, 0.6) is 11.5 Å². The Morgan fingerprint density at radius 2 is 1.92 bits per heavy atom. The first-order chi connectivity index (χ1) is 12.6. The van der Waals surface area contributed by atoms with Crippen molar-refractivity contribution in [2.24, 2.45) is 0 Å². The number of methoxy groups -OCH3 is 3. The number of carbonyl (C=O) groups excluding carboxylic acids is 1. The summed E-state index contributed by atoms with van der Waals surface area (Å²) in [5.74, 6) is 0.496. The van der Waals surface area contributed by atoms with E-state index in [-0.39, 0.29) is 11.6 Å². The van der Waals surface area contributed by atoms with Crippen molar-refractivity contribution >= 4 is 28.9 Å². The number of aromatic nitrogens is 1. The van der Waals surface area contributed by atoms with E-state index >= 15 is 0 Å². The molecule has 0 aliphatic rings. The molecule has 0 unspecified atom stereocenters. The second kappa shape index (κ2) is 9.84. The third-order valence-electron chi connectivity index (χ3n) is 3.57. The van der Waals surface area contributed by atoms with Crippen LogP contribution in [0.15, 0.2) is 30.5 Å². The molecule has 0 aliphatic heterocycles. The van der Waals surface area contributed by atoms with Gasteiger partial charge in [-0.15, -0.1) is 0 Å². The van der Waals surface area contributed by atoms with Gasteiger partial charge in [0.15, 0.2) is 0 Å². The van der Waals surface area contributed by atoms with Gasteiger partial charge in [0.1, 0.15) is 17.2 Å². The zero-order valence-electron chi connectivity index (χ0n) is 15.0. The van der Waals surface area contributed by atoms with E-state index in [2.05, 4.69) is 15.6 Å². The minimum Gasteiger partial charge on any atom is -0.495 e. The average Bonchev–Trinajstić information content (AvgIpc) is 2.66. The summed E-state index contributed by atoms with van der Waals surface area (Å²) in [5, 5.41) is 6.39. The predicted octanol–water partition coefficient (Wildman–Crippen LogP) is 3.45. The molecule has 0 fully saturated rings. The van der Waals surface area contributed by atoms with E-state index in [9.17, 15) is 4.79 Å². The molecule has 0 saturated heterocycles. The van der Waals surface area contributed by atoms with E-state index in [1.54, 1.807) is 37.6 Å². The largest absolute Gasteiger partial charge is 0.495 e. The summed E-state index contributed by atoms with van der Waals surface area (Å²) in [4.78, 5) is 16.7. The SMILES string of the molecule is COCCCNc1ccnc(C(=O)Nc2cc(OC)c(Cl)cc2OC)c1. The molecule has 2 rings (SSSR count). The highest BCUT2D eigenvalue weighted by molar-refractivity contribution is 6.32. The Kier molecular flexibility index (Phi) is 7.50. The first-order valence-corrected chi connectivity index (χ1v) is 8.38. The summed E-state index contributed by atoms with van der Waals surface area (Å²) >= 11 is 6.08. The van der Waals surface area contributed by atoms with E-state index in [1.165, 1.54) is 14.2 Å². The first-order valence-electron chi connectivity index (χ1n) is 8.00. The molecule has 7 nitrogen and oxygen atoms in total. The Morgan fingerprint density at radius 1 is 1.15 bits per heavy atom. The molecule has 0 atom stereocenters. The number of pyridine rings is 1. The number of nitrogens with zero attached hydrogens (tertiary/aromatic N) is 1. The van der Waals surface area contributed by atoms with Crippen LogP contribution in [0.1, 0.15) is 16.9 Å². The lowest BCUT2D eigenvalue weighted by Crippen LogP contribution is -2.15. The topological polar surface area (TPSA) is 81.7 Å². The van der Waals surface area contributed by atoms with Gasteiger partial charge in [-0.1, -0.05) is 11.6 Å². The second-order valence-electron chi connectivity index (χ2n) is 5.34. The van der Waals surface area contributed by atoms with Gasteiger partial charge in [-0.2, -0.15) is 0 Å². The van der Waals surface area contributed by atoms with E-state index in [0.717, 1.165) is 18.7 Å². The van der Waals surface area contributed by atoms with Gasteiger partial charge in [0.2, 0.25) is 0 Å². The van der Waals surface area contributed by atoms with Crippen molar-refractivity contribution in [2.45, 2.75) is 6.42 Å². The summed E-state index contributed by atoms with van der Waals surface area (Å²) < 4.78 is 15.5. The standard InChI is InChI=1S/C18H22ClN3O4/c1-24-8-4-6-20-12-5-7-21-15(9-12)18(23)22-14-11-16(25-2)13(19)10-17(14)26-3/h5,7,9-11H,4,6,8H2,1-3H3,(H,20,21)(H,22,23). The van der Waals surface area contributed by atoms with Crippen LogP contribution in [0.2, 0.25) is 5.02 Å². The molecule has 1 aromatic heterocycles. The monoisotopic (exact) mass is 379 g/mol. The number of hydrogen-bond donors (Lipinski definition) is 2. The van der Waals surface area contributed by atoms with Gasteiger partial charge in [-0.05, 0) is 18.6 Å². The third kappa shape index (κ3) is 5.24. The third-order valence-corrected chi connectivity index (χ3v) is 3.86. The highest BCUT2D eigenvalue weighted by atomic mass is 35.5. The Balaban J connectivity index is 2.12. The fourth-order valence-electron chi connectivity index (χ4n) is 2.26. The average molecular weight is 380 g/mol. The van der Waals surface area contributed by atoms with Crippen LogP contribution >= 0.6 is 11.6 Å². The quantitative estimate of drug-likeness (QED) is 0.649.